The number of benzene rings is 1. The molecule has 0 saturated carbocycles. The maximum Gasteiger partial charge on any atom is 0.257 e. The molecule has 0 N–H and O–H groups in total. The molecule has 21 heavy (non-hydrogen) atoms. The number of nitrogens with zero attached hydrogens (tertiary/aromatic N) is 2. The van der Waals surface area contributed by atoms with Gasteiger partial charge in [0.2, 0.25) is 0 Å². The van der Waals surface area contributed by atoms with Crippen LogP contribution >= 0.6 is 0 Å². The van der Waals surface area contributed by atoms with Crippen LogP contribution in [0, 0.1) is 6.92 Å². The minimum atomic E-state index is -0.257. The van der Waals surface area contributed by atoms with E-state index in [1.807, 2.05) is 17.0 Å². The summed E-state index contributed by atoms with van der Waals surface area (Å²) < 4.78 is 0. The molecule has 108 valence electrons. The number of fused-ring (bicyclic) bond motifs is 1. The molecule has 2 aromatic rings. The first-order chi connectivity index (χ1) is 9.89. The Morgan fingerprint density at radius 1 is 1.10 bits per heavy atom. The molecular formula is C18H20N2O. The zero-order valence-corrected chi connectivity index (χ0v) is 12.9. The number of carbonyl (C=O) groups excluding carboxylic acids is 1. The van der Waals surface area contributed by atoms with Crippen molar-refractivity contribution in [2.75, 3.05) is 0 Å². The van der Waals surface area contributed by atoms with E-state index in [-0.39, 0.29) is 17.5 Å². The second kappa shape index (κ2) is 4.69. The summed E-state index contributed by atoms with van der Waals surface area (Å²) >= 11 is 0. The monoisotopic (exact) mass is 280 g/mol. The van der Waals surface area contributed by atoms with Gasteiger partial charge in [-0.2, -0.15) is 0 Å². The number of rotatable bonds is 1. The molecule has 1 aromatic heterocycles. The maximum atomic E-state index is 12.8. The van der Waals surface area contributed by atoms with E-state index < -0.39 is 0 Å². The average Bonchev–Trinajstić information content (AvgIpc) is 2.74. The van der Waals surface area contributed by atoms with Crippen LogP contribution in [-0.4, -0.2) is 21.3 Å². The summed E-state index contributed by atoms with van der Waals surface area (Å²) in [5.41, 5.74) is 3.65. The van der Waals surface area contributed by atoms with Crippen LogP contribution in [-0.2, 0) is 0 Å². The summed E-state index contributed by atoms with van der Waals surface area (Å²) in [4.78, 5) is 19.2. The van der Waals surface area contributed by atoms with Crippen LogP contribution in [0.3, 0.4) is 0 Å². The zero-order chi connectivity index (χ0) is 15.2. The SMILES string of the molecule is Cc1ccc(C2c3ncccc3C(=O)N2C(C)(C)C)cc1. The first-order valence-electron chi connectivity index (χ1n) is 7.25. The quantitative estimate of drug-likeness (QED) is 0.797. The van der Waals surface area contributed by atoms with Crippen molar-refractivity contribution in [3.05, 3.63) is 65.0 Å². The van der Waals surface area contributed by atoms with Crippen LogP contribution in [0.2, 0.25) is 0 Å². The van der Waals surface area contributed by atoms with Gasteiger partial charge in [-0.25, -0.2) is 0 Å². The Morgan fingerprint density at radius 2 is 1.76 bits per heavy atom. The minimum absolute atomic E-state index is 0.0659. The highest BCUT2D eigenvalue weighted by molar-refractivity contribution is 5.99. The molecule has 0 fully saturated rings. The summed E-state index contributed by atoms with van der Waals surface area (Å²) in [7, 11) is 0. The summed E-state index contributed by atoms with van der Waals surface area (Å²) in [6.07, 6.45) is 1.76. The smallest absolute Gasteiger partial charge is 0.257 e. The lowest BCUT2D eigenvalue weighted by molar-refractivity contribution is 0.0549. The Morgan fingerprint density at radius 3 is 2.38 bits per heavy atom. The molecule has 1 aliphatic heterocycles. The fraction of sp³-hybridized carbons (Fsp3) is 0.333. The lowest BCUT2D eigenvalue weighted by atomic mass is 9.98. The predicted molar refractivity (Wildman–Crippen MR) is 83.2 cm³/mol. The average molecular weight is 280 g/mol. The van der Waals surface area contributed by atoms with Crippen molar-refractivity contribution < 1.29 is 4.79 Å². The van der Waals surface area contributed by atoms with Gasteiger partial charge in [-0.1, -0.05) is 29.8 Å². The molecule has 0 radical (unpaired) electrons. The normalized spacial score (nSPS) is 18.0. The third kappa shape index (κ3) is 2.23. The Labute approximate surface area is 125 Å². The van der Waals surface area contributed by atoms with Gasteiger partial charge in [-0.3, -0.25) is 9.78 Å². The number of aryl methyl sites for hydroxylation is 1. The van der Waals surface area contributed by atoms with Gasteiger partial charge in [0.05, 0.1) is 11.3 Å². The lowest BCUT2D eigenvalue weighted by Gasteiger charge is -2.37. The molecule has 3 heteroatoms. The second-order valence-corrected chi connectivity index (χ2v) is 6.60. The van der Waals surface area contributed by atoms with Gasteiger partial charge in [0.15, 0.2) is 0 Å². The Hall–Kier alpha value is -2.16. The van der Waals surface area contributed by atoms with Gasteiger partial charge in [0.25, 0.3) is 5.91 Å². The molecule has 3 rings (SSSR count). The molecule has 1 aromatic carbocycles. The van der Waals surface area contributed by atoms with E-state index in [0.29, 0.717) is 0 Å². The number of aromatic nitrogens is 1. The summed E-state index contributed by atoms with van der Waals surface area (Å²) in [6.45, 7) is 8.27. The molecule has 3 nitrogen and oxygen atoms in total. The highest BCUT2D eigenvalue weighted by atomic mass is 16.2. The van der Waals surface area contributed by atoms with Gasteiger partial charge < -0.3 is 4.90 Å². The number of hydrogen-bond acceptors (Lipinski definition) is 2. The topological polar surface area (TPSA) is 33.2 Å². The Kier molecular flexibility index (Phi) is 3.08. The summed E-state index contributed by atoms with van der Waals surface area (Å²) in [5.74, 6) is 0.0659. The van der Waals surface area contributed by atoms with E-state index in [1.54, 1.807) is 6.20 Å². The van der Waals surface area contributed by atoms with Crippen molar-refractivity contribution in [2.45, 2.75) is 39.3 Å². The van der Waals surface area contributed by atoms with Crippen molar-refractivity contribution in [1.82, 2.24) is 9.88 Å². The van der Waals surface area contributed by atoms with E-state index in [4.69, 9.17) is 0 Å². The van der Waals surface area contributed by atoms with Crippen molar-refractivity contribution >= 4 is 5.91 Å². The van der Waals surface area contributed by atoms with Gasteiger partial charge in [-0.15, -0.1) is 0 Å². The molecule has 0 saturated heterocycles. The molecule has 1 atom stereocenters. The maximum absolute atomic E-state index is 12.8. The van der Waals surface area contributed by atoms with Gasteiger partial charge in [0, 0.05) is 11.7 Å². The van der Waals surface area contributed by atoms with E-state index in [1.165, 1.54) is 5.56 Å². The molecule has 2 heterocycles. The minimum Gasteiger partial charge on any atom is -0.321 e. The fourth-order valence-corrected chi connectivity index (χ4v) is 2.93. The standard InChI is InChI=1S/C18H20N2O/c1-12-7-9-13(10-8-12)16-15-14(6-5-11-19-15)17(21)20(16)18(2,3)4/h5-11,16H,1-4H3. The highest BCUT2D eigenvalue weighted by Crippen LogP contribution is 2.41. The highest BCUT2D eigenvalue weighted by Gasteiger charge is 2.43. The van der Waals surface area contributed by atoms with Gasteiger partial charge >= 0.3 is 0 Å². The van der Waals surface area contributed by atoms with Crippen molar-refractivity contribution in [3.63, 3.8) is 0 Å². The van der Waals surface area contributed by atoms with Crippen LogP contribution < -0.4 is 0 Å². The first kappa shape index (κ1) is 13.8. The molecule has 1 aliphatic rings. The fourth-order valence-electron chi connectivity index (χ4n) is 2.93. The molecule has 0 bridgehead atoms. The Bertz CT molecular complexity index is 683. The largest absolute Gasteiger partial charge is 0.321 e. The number of carbonyl (C=O) groups is 1. The van der Waals surface area contributed by atoms with Crippen LogP contribution in [0.5, 0.6) is 0 Å². The van der Waals surface area contributed by atoms with Crippen molar-refractivity contribution in [1.29, 1.82) is 0 Å². The van der Waals surface area contributed by atoms with Gasteiger partial charge in [-0.05, 0) is 45.4 Å². The molecule has 1 amide bonds. The van der Waals surface area contributed by atoms with Crippen LogP contribution in [0.1, 0.15) is 54.0 Å². The van der Waals surface area contributed by atoms with Crippen LogP contribution in [0.4, 0.5) is 0 Å². The Balaban J connectivity index is 2.18. The summed E-state index contributed by atoms with van der Waals surface area (Å²) in [6, 6.07) is 12.0. The van der Waals surface area contributed by atoms with Crippen molar-refractivity contribution in [2.24, 2.45) is 0 Å². The third-order valence-electron chi connectivity index (χ3n) is 3.92. The number of pyridine rings is 1. The van der Waals surface area contributed by atoms with E-state index in [0.717, 1.165) is 16.8 Å². The van der Waals surface area contributed by atoms with E-state index >= 15 is 0 Å². The first-order valence-corrected chi connectivity index (χ1v) is 7.25. The van der Waals surface area contributed by atoms with Gasteiger partial charge in [0.1, 0.15) is 6.04 Å². The molecule has 0 aliphatic carbocycles. The summed E-state index contributed by atoms with van der Waals surface area (Å²) in [5, 5.41) is 0. The van der Waals surface area contributed by atoms with Crippen molar-refractivity contribution in [3.8, 4) is 0 Å². The molecule has 0 spiro atoms. The predicted octanol–water partition coefficient (Wildman–Crippen LogP) is 3.73. The molecule has 1 unspecified atom stereocenters. The zero-order valence-electron chi connectivity index (χ0n) is 12.9. The number of hydrogen-bond donors (Lipinski definition) is 0. The van der Waals surface area contributed by atoms with Crippen LogP contribution in [0.25, 0.3) is 0 Å². The molecular weight excluding hydrogens is 260 g/mol. The number of amides is 1. The van der Waals surface area contributed by atoms with E-state index in [2.05, 4.69) is 56.9 Å². The lowest BCUT2D eigenvalue weighted by Crippen LogP contribution is -2.44. The van der Waals surface area contributed by atoms with Crippen LogP contribution in [0.15, 0.2) is 42.6 Å². The third-order valence-corrected chi connectivity index (χ3v) is 3.92. The second-order valence-electron chi connectivity index (χ2n) is 6.60. The van der Waals surface area contributed by atoms with E-state index in [9.17, 15) is 4.79 Å².